The Hall–Kier alpha value is -1.77. The maximum absolute atomic E-state index is 5.41. The lowest BCUT2D eigenvalue weighted by atomic mass is 10.1. The summed E-state index contributed by atoms with van der Waals surface area (Å²) in [5.41, 5.74) is 3.36. The molecule has 2 rings (SSSR count). The molecule has 0 saturated carbocycles. The van der Waals surface area contributed by atoms with Crippen LogP contribution >= 0.6 is 0 Å². The fourth-order valence-electron chi connectivity index (χ4n) is 1.95. The average Bonchev–Trinajstić information content (AvgIpc) is 2.37. The number of pyridine rings is 1. The second-order valence-corrected chi connectivity index (χ2v) is 4.89. The highest BCUT2D eigenvalue weighted by atomic mass is 16.5. The lowest BCUT2D eigenvalue weighted by Gasteiger charge is -2.22. The largest absolute Gasteiger partial charge is 0.479 e. The number of nitrogens with zero attached hydrogens (tertiary/aromatic N) is 2. The number of rotatable bonds is 3. The highest BCUT2D eigenvalue weighted by Crippen LogP contribution is 2.30. The van der Waals surface area contributed by atoms with E-state index in [2.05, 4.69) is 61.3 Å². The second kappa shape index (κ2) is 5.25. The first-order valence-corrected chi connectivity index (χ1v) is 6.29. The Kier molecular flexibility index (Phi) is 3.70. The van der Waals surface area contributed by atoms with Gasteiger partial charge < -0.3 is 9.64 Å². The highest BCUT2D eigenvalue weighted by molar-refractivity contribution is 5.61. The molecule has 1 aliphatic rings. The Bertz CT molecular complexity index is 489. The molecule has 0 aliphatic carbocycles. The van der Waals surface area contributed by atoms with E-state index in [0.29, 0.717) is 11.8 Å². The first-order valence-electron chi connectivity index (χ1n) is 6.29. The lowest BCUT2D eigenvalue weighted by Crippen LogP contribution is -2.13. The monoisotopic (exact) mass is 244 g/mol. The standard InChI is InChI=1S/C15H20N2O/c1-11(2)13-7-8-14(15(16-13)18-4)17-9-5-6-12(3)10-17/h5,7-11H,6H2,1-4H3. The molecule has 0 amide bonds. The molecule has 0 bridgehead atoms. The van der Waals surface area contributed by atoms with Crippen LogP contribution in [0.1, 0.15) is 38.8 Å². The molecule has 2 heterocycles. The molecule has 3 heteroatoms. The minimum absolute atomic E-state index is 0.405. The quantitative estimate of drug-likeness (QED) is 0.807. The first-order chi connectivity index (χ1) is 8.61. The molecule has 3 nitrogen and oxygen atoms in total. The van der Waals surface area contributed by atoms with Gasteiger partial charge in [-0.25, -0.2) is 4.98 Å². The molecule has 1 aromatic rings. The number of anilines is 1. The van der Waals surface area contributed by atoms with E-state index in [1.807, 2.05) is 0 Å². The van der Waals surface area contributed by atoms with Crippen LogP contribution in [0.5, 0.6) is 5.88 Å². The van der Waals surface area contributed by atoms with E-state index in [1.54, 1.807) is 7.11 Å². The minimum Gasteiger partial charge on any atom is -0.479 e. The van der Waals surface area contributed by atoms with E-state index in [0.717, 1.165) is 17.8 Å². The van der Waals surface area contributed by atoms with E-state index in [9.17, 15) is 0 Å². The van der Waals surface area contributed by atoms with Gasteiger partial charge in [0.1, 0.15) is 5.69 Å². The van der Waals surface area contributed by atoms with Crippen molar-refractivity contribution >= 4 is 5.69 Å². The van der Waals surface area contributed by atoms with Crippen molar-refractivity contribution in [2.24, 2.45) is 0 Å². The van der Waals surface area contributed by atoms with Gasteiger partial charge in [-0.2, -0.15) is 0 Å². The summed E-state index contributed by atoms with van der Waals surface area (Å²) in [6.07, 6.45) is 7.33. The number of hydrogen-bond donors (Lipinski definition) is 0. The van der Waals surface area contributed by atoms with Gasteiger partial charge in [-0.1, -0.05) is 25.5 Å². The third kappa shape index (κ3) is 2.55. The number of methoxy groups -OCH3 is 1. The maximum atomic E-state index is 5.41. The number of ether oxygens (including phenoxy) is 1. The van der Waals surface area contributed by atoms with E-state index in [4.69, 9.17) is 4.74 Å². The van der Waals surface area contributed by atoms with Crippen LogP contribution in [0.15, 0.2) is 36.2 Å². The molecule has 0 spiro atoms. The summed E-state index contributed by atoms with van der Waals surface area (Å²) in [4.78, 5) is 6.63. The van der Waals surface area contributed by atoms with Crippen LogP contribution in [0.4, 0.5) is 5.69 Å². The van der Waals surface area contributed by atoms with Crippen LogP contribution in [-0.4, -0.2) is 12.1 Å². The Morgan fingerprint density at radius 2 is 2.11 bits per heavy atom. The summed E-state index contributed by atoms with van der Waals surface area (Å²) in [6, 6.07) is 4.13. The predicted molar refractivity (Wildman–Crippen MR) is 74.9 cm³/mol. The van der Waals surface area contributed by atoms with Crippen molar-refractivity contribution in [2.45, 2.75) is 33.1 Å². The predicted octanol–water partition coefficient (Wildman–Crippen LogP) is 3.84. The van der Waals surface area contributed by atoms with Crippen molar-refractivity contribution in [2.75, 3.05) is 12.0 Å². The van der Waals surface area contributed by atoms with E-state index in [1.165, 1.54) is 5.57 Å². The third-order valence-electron chi connectivity index (χ3n) is 2.99. The van der Waals surface area contributed by atoms with Crippen LogP contribution in [0.2, 0.25) is 0 Å². The summed E-state index contributed by atoms with van der Waals surface area (Å²) >= 11 is 0. The summed E-state index contributed by atoms with van der Waals surface area (Å²) in [6.45, 7) is 6.39. The smallest absolute Gasteiger partial charge is 0.238 e. The topological polar surface area (TPSA) is 25.4 Å². The third-order valence-corrected chi connectivity index (χ3v) is 2.99. The molecule has 0 radical (unpaired) electrons. The van der Waals surface area contributed by atoms with Crippen molar-refractivity contribution in [1.82, 2.24) is 4.98 Å². The molecule has 0 unspecified atom stereocenters. The van der Waals surface area contributed by atoms with Gasteiger partial charge in [-0.15, -0.1) is 0 Å². The van der Waals surface area contributed by atoms with E-state index in [-0.39, 0.29) is 0 Å². The van der Waals surface area contributed by atoms with Crippen molar-refractivity contribution in [3.05, 3.63) is 41.9 Å². The van der Waals surface area contributed by atoms with Crippen molar-refractivity contribution in [3.8, 4) is 5.88 Å². The second-order valence-electron chi connectivity index (χ2n) is 4.89. The van der Waals surface area contributed by atoms with Crippen molar-refractivity contribution in [1.29, 1.82) is 0 Å². The van der Waals surface area contributed by atoms with Crippen molar-refractivity contribution < 1.29 is 4.74 Å². The van der Waals surface area contributed by atoms with Gasteiger partial charge in [-0.3, -0.25) is 0 Å². The van der Waals surface area contributed by atoms with Gasteiger partial charge in [-0.05, 0) is 31.4 Å². The van der Waals surface area contributed by atoms with Gasteiger partial charge in [0.2, 0.25) is 5.88 Å². The van der Waals surface area contributed by atoms with Gasteiger partial charge in [0.15, 0.2) is 0 Å². The Morgan fingerprint density at radius 3 is 2.72 bits per heavy atom. The van der Waals surface area contributed by atoms with Gasteiger partial charge in [0.05, 0.1) is 7.11 Å². The van der Waals surface area contributed by atoms with E-state index >= 15 is 0 Å². The molecule has 1 aliphatic heterocycles. The van der Waals surface area contributed by atoms with Gasteiger partial charge in [0, 0.05) is 18.1 Å². The van der Waals surface area contributed by atoms with Crippen LogP contribution in [0, 0.1) is 0 Å². The first kappa shape index (κ1) is 12.7. The fourth-order valence-corrected chi connectivity index (χ4v) is 1.95. The Morgan fingerprint density at radius 1 is 1.33 bits per heavy atom. The molecule has 0 saturated heterocycles. The molecule has 0 fully saturated rings. The van der Waals surface area contributed by atoms with Crippen LogP contribution in [0.3, 0.4) is 0 Å². The molecule has 18 heavy (non-hydrogen) atoms. The highest BCUT2D eigenvalue weighted by Gasteiger charge is 2.13. The zero-order chi connectivity index (χ0) is 13.1. The molecular weight excluding hydrogens is 224 g/mol. The van der Waals surface area contributed by atoms with Crippen LogP contribution in [-0.2, 0) is 0 Å². The normalized spacial score (nSPS) is 14.9. The SMILES string of the molecule is COc1nc(C(C)C)ccc1N1C=CCC(C)=C1. The maximum Gasteiger partial charge on any atom is 0.238 e. The summed E-state index contributed by atoms with van der Waals surface area (Å²) in [5, 5.41) is 0. The summed E-state index contributed by atoms with van der Waals surface area (Å²) < 4.78 is 5.41. The molecule has 1 aromatic heterocycles. The Balaban J connectivity index is 2.38. The van der Waals surface area contributed by atoms with Gasteiger partial charge >= 0.3 is 0 Å². The lowest BCUT2D eigenvalue weighted by molar-refractivity contribution is 0.396. The molecule has 0 aromatic carbocycles. The molecular formula is C15H20N2O. The molecule has 96 valence electrons. The molecule has 0 N–H and O–H groups in total. The number of allylic oxidation sites excluding steroid dienone is 2. The van der Waals surface area contributed by atoms with Crippen molar-refractivity contribution in [3.63, 3.8) is 0 Å². The summed E-state index contributed by atoms with van der Waals surface area (Å²) in [5.74, 6) is 1.08. The van der Waals surface area contributed by atoms with Gasteiger partial charge in [0.25, 0.3) is 0 Å². The Labute approximate surface area is 109 Å². The minimum atomic E-state index is 0.405. The van der Waals surface area contributed by atoms with Crippen LogP contribution < -0.4 is 9.64 Å². The number of aromatic nitrogens is 1. The van der Waals surface area contributed by atoms with E-state index < -0.39 is 0 Å². The fraction of sp³-hybridized carbons (Fsp3) is 0.400. The molecule has 0 atom stereocenters. The number of hydrogen-bond acceptors (Lipinski definition) is 3. The summed E-state index contributed by atoms with van der Waals surface area (Å²) in [7, 11) is 1.67. The average molecular weight is 244 g/mol. The zero-order valence-electron chi connectivity index (χ0n) is 11.5. The van der Waals surface area contributed by atoms with Crippen LogP contribution in [0.25, 0.3) is 0 Å². The zero-order valence-corrected chi connectivity index (χ0v) is 11.5.